The molecule has 2 saturated carbocycles. The van der Waals surface area contributed by atoms with Gasteiger partial charge in [-0.1, -0.05) is 27.7 Å². The number of nitrogens with zero attached hydrogens (tertiary/aromatic N) is 1. The molecule has 0 bridgehead atoms. The van der Waals surface area contributed by atoms with Crippen LogP contribution in [0.2, 0.25) is 0 Å². The van der Waals surface area contributed by atoms with Gasteiger partial charge < -0.3 is 10.2 Å². The van der Waals surface area contributed by atoms with E-state index in [0.29, 0.717) is 5.41 Å². The average molecular weight is 266 g/mol. The zero-order chi connectivity index (χ0) is 13.9. The fraction of sp³-hybridized carbons (Fsp3) is 1.00. The van der Waals surface area contributed by atoms with E-state index in [1.165, 1.54) is 51.7 Å². The molecule has 2 atom stereocenters. The molecule has 2 unspecified atom stereocenters. The second kappa shape index (κ2) is 6.58. The van der Waals surface area contributed by atoms with Gasteiger partial charge in [-0.15, -0.1) is 0 Å². The molecular weight excluding hydrogens is 232 g/mol. The van der Waals surface area contributed by atoms with Gasteiger partial charge in [-0.25, -0.2) is 0 Å². The molecule has 1 N–H and O–H groups in total. The third-order valence-corrected chi connectivity index (χ3v) is 5.14. The van der Waals surface area contributed by atoms with Crippen molar-refractivity contribution >= 4 is 0 Å². The van der Waals surface area contributed by atoms with Crippen LogP contribution in [0.3, 0.4) is 0 Å². The fourth-order valence-corrected chi connectivity index (χ4v) is 3.95. The van der Waals surface area contributed by atoms with Crippen molar-refractivity contribution in [2.24, 2.45) is 17.3 Å². The Bertz CT molecular complexity index is 270. The third kappa shape index (κ3) is 4.19. The van der Waals surface area contributed by atoms with Crippen molar-refractivity contribution in [3.05, 3.63) is 0 Å². The topological polar surface area (TPSA) is 15.3 Å². The summed E-state index contributed by atoms with van der Waals surface area (Å²) in [5, 5.41) is 3.77. The van der Waals surface area contributed by atoms with Gasteiger partial charge in [0.15, 0.2) is 0 Å². The van der Waals surface area contributed by atoms with E-state index in [1.54, 1.807) is 0 Å². The Hall–Kier alpha value is -0.0800. The minimum atomic E-state index is 0.484. The van der Waals surface area contributed by atoms with E-state index in [2.05, 4.69) is 37.9 Å². The number of rotatable bonds is 8. The summed E-state index contributed by atoms with van der Waals surface area (Å²) in [6, 6.07) is 0.719. The molecule has 2 heteroatoms. The molecule has 2 rings (SSSR count). The Morgan fingerprint density at radius 1 is 1.11 bits per heavy atom. The van der Waals surface area contributed by atoms with Crippen LogP contribution in [-0.2, 0) is 0 Å². The van der Waals surface area contributed by atoms with Gasteiger partial charge in [0.1, 0.15) is 0 Å². The Kier molecular flexibility index (Phi) is 5.30. The highest BCUT2D eigenvalue weighted by molar-refractivity contribution is 4.97. The van der Waals surface area contributed by atoms with Crippen molar-refractivity contribution in [2.75, 3.05) is 26.2 Å². The van der Waals surface area contributed by atoms with Gasteiger partial charge in [0.2, 0.25) is 0 Å². The van der Waals surface area contributed by atoms with E-state index in [1.807, 2.05) is 0 Å². The normalized spacial score (nSPS) is 30.2. The second-order valence-electron chi connectivity index (χ2n) is 7.53. The molecule has 0 radical (unpaired) electrons. The molecule has 0 aliphatic heterocycles. The van der Waals surface area contributed by atoms with Crippen LogP contribution in [-0.4, -0.2) is 37.1 Å². The third-order valence-electron chi connectivity index (χ3n) is 5.14. The van der Waals surface area contributed by atoms with Crippen LogP contribution in [0.5, 0.6) is 0 Å². The fourth-order valence-electron chi connectivity index (χ4n) is 3.95. The summed E-state index contributed by atoms with van der Waals surface area (Å²) >= 11 is 0. The lowest BCUT2D eigenvalue weighted by molar-refractivity contribution is 0.180. The van der Waals surface area contributed by atoms with E-state index in [-0.39, 0.29) is 0 Å². The highest BCUT2D eigenvalue weighted by Crippen LogP contribution is 2.42. The van der Waals surface area contributed by atoms with Gasteiger partial charge in [0.05, 0.1) is 0 Å². The van der Waals surface area contributed by atoms with Crippen LogP contribution in [0.4, 0.5) is 0 Å². The van der Waals surface area contributed by atoms with Crippen molar-refractivity contribution in [2.45, 2.75) is 65.8 Å². The first-order valence-corrected chi connectivity index (χ1v) is 8.52. The van der Waals surface area contributed by atoms with Gasteiger partial charge in [-0.3, -0.25) is 0 Å². The molecule has 0 aromatic rings. The summed E-state index contributed by atoms with van der Waals surface area (Å²) < 4.78 is 0. The molecule has 19 heavy (non-hydrogen) atoms. The van der Waals surface area contributed by atoms with Crippen LogP contribution in [0.15, 0.2) is 0 Å². The maximum Gasteiger partial charge on any atom is 0.0159 e. The number of nitrogens with one attached hydrogen (secondary N) is 1. The predicted octanol–water partition coefficient (Wildman–Crippen LogP) is 3.52. The molecule has 0 saturated heterocycles. The van der Waals surface area contributed by atoms with Gasteiger partial charge >= 0.3 is 0 Å². The van der Waals surface area contributed by atoms with Crippen LogP contribution < -0.4 is 5.32 Å². The summed E-state index contributed by atoms with van der Waals surface area (Å²) in [5.74, 6) is 1.89. The Morgan fingerprint density at radius 2 is 1.84 bits per heavy atom. The molecule has 0 spiro atoms. The molecule has 0 heterocycles. The van der Waals surface area contributed by atoms with Gasteiger partial charge in [-0.2, -0.15) is 0 Å². The highest BCUT2D eigenvalue weighted by Gasteiger charge is 2.41. The minimum absolute atomic E-state index is 0.484. The van der Waals surface area contributed by atoms with E-state index >= 15 is 0 Å². The van der Waals surface area contributed by atoms with Gasteiger partial charge in [0.25, 0.3) is 0 Å². The zero-order valence-corrected chi connectivity index (χ0v) is 13.5. The number of hydrogen-bond acceptors (Lipinski definition) is 2. The van der Waals surface area contributed by atoms with E-state index in [9.17, 15) is 0 Å². The summed E-state index contributed by atoms with van der Waals surface area (Å²) in [6.45, 7) is 14.6. The lowest BCUT2D eigenvalue weighted by Gasteiger charge is -2.34. The monoisotopic (exact) mass is 266 g/mol. The van der Waals surface area contributed by atoms with Gasteiger partial charge in [0, 0.05) is 19.1 Å². The zero-order valence-electron chi connectivity index (χ0n) is 13.5. The van der Waals surface area contributed by atoms with Crippen molar-refractivity contribution < 1.29 is 0 Å². The predicted molar refractivity (Wildman–Crippen MR) is 83.4 cm³/mol. The highest BCUT2D eigenvalue weighted by atomic mass is 15.1. The summed E-state index contributed by atoms with van der Waals surface area (Å²) in [5.41, 5.74) is 0.484. The summed E-state index contributed by atoms with van der Waals surface area (Å²) in [6.07, 6.45) is 7.06. The SMILES string of the molecule is CCCN(CC1CC1)CC1CCC(C)(C)C1NCC. The lowest BCUT2D eigenvalue weighted by atomic mass is 9.84. The molecule has 2 aliphatic carbocycles. The first-order chi connectivity index (χ1) is 9.06. The molecule has 0 aromatic heterocycles. The van der Waals surface area contributed by atoms with Crippen LogP contribution in [0.25, 0.3) is 0 Å². The molecule has 112 valence electrons. The maximum absolute atomic E-state index is 3.77. The second-order valence-corrected chi connectivity index (χ2v) is 7.53. The molecule has 0 aromatic carbocycles. The van der Waals surface area contributed by atoms with Crippen molar-refractivity contribution in [3.63, 3.8) is 0 Å². The molecule has 2 aliphatic rings. The van der Waals surface area contributed by atoms with Crippen molar-refractivity contribution in [3.8, 4) is 0 Å². The maximum atomic E-state index is 3.77. The molecule has 0 amide bonds. The summed E-state index contributed by atoms with van der Waals surface area (Å²) in [7, 11) is 0. The van der Waals surface area contributed by atoms with Crippen molar-refractivity contribution in [1.29, 1.82) is 0 Å². The van der Waals surface area contributed by atoms with Crippen LogP contribution in [0, 0.1) is 17.3 Å². The van der Waals surface area contributed by atoms with E-state index < -0.39 is 0 Å². The largest absolute Gasteiger partial charge is 0.313 e. The first-order valence-electron chi connectivity index (χ1n) is 8.52. The number of hydrogen-bond donors (Lipinski definition) is 1. The summed E-state index contributed by atoms with van der Waals surface area (Å²) in [4.78, 5) is 2.76. The molecule has 2 nitrogen and oxygen atoms in total. The lowest BCUT2D eigenvalue weighted by Crippen LogP contribution is -2.46. The van der Waals surface area contributed by atoms with Gasteiger partial charge in [-0.05, 0) is 62.4 Å². The minimum Gasteiger partial charge on any atom is -0.313 e. The molecular formula is C17H34N2. The first kappa shape index (κ1) is 15.3. The van der Waals surface area contributed by atoms with Crippen LogP contribution >= 0.6 is 0 Å². The quantitative estimate of drug-likeness (QED) is 0.723. The Balaban J connectivity index is 1.90. The smallest absolute Gasteiger partial charge is 0.0159 e. The Morgan fingerprint density at radius 3 is 2.42 bits per heavy atom. The van der Waals surface area contributed by atoms with E-state index in [0.717, 1.165) is 24.4 Å². The Labute approximate surface area is 120 Å². The van der Waals surface area contributed by atoms with E-state index in [4.69, 9.17) is 0 Å². The van der Waals surface area contributed by atoms with Crippen molar-refractivity contribution in [1.82, 2.24) is 10.2 Å². The standard InChI is InChI=1S/C17H34N2/c1-5-11-19(12-14-7-8-14)13-15-9-10-17(3,4)16(15)18-6-2/h14-16,18H,5-13H2,1-4H3. The average Bonchev–Trinajstić information content (AvgIpc) is 3.11. The molecule has 2 fully saturated rings. The van der Waals surface area contributed by atoms with Crippen LogP contribution in [0.1, 0.15) is 59.8 Å².